The number of thiophene rings is 1. The molecule has 5 nitrogen and oxygen atoms in total. The van der Waals surface area contributed by atoms with Gasteiger partial charge in [-0.05, 0) is 29.1 Å². The number of carbonyl (C=O) groups excluding carboxylic acids is 1. The minimum absolute atomic E-state index is 0.0193. The van der Waals surface area contributed by atoms with Gasteiger partial charge in [-0.2, -0.15) is 4.98 Å². The first-order valence-electron chi connectivity index (χ1n) is 7.46. The van der Waals surface area contributed by atoms with Crippen LogP contribution in [0.1, 0.15) is 17.9 Å². The van der Waals surface area contributed by atoms with Gasteiger partial charge in [0.15, 0.2) is 0 Å². The molecule has 2 heterocycles. The Kier molecular flexibility index (Phi) is 5.27. The van der Waals surface area contributed by atoms with Crippen LogP contribution in [0.5, 0.6) is 0 Å². The fourth-order valence-electron chi connectivity index (χ4n) is 2.26. The summed E-state index contributed by atoms with van der Waals surface area (Å²) in [6.07, 6.45) is 0.750. The molecule has 0 fully saturated rings. The van der Waals surface area contributed by atoms with Crippen LogP contribution in [0.15, 0.2) is 46.3 Å². The Bertz CT molecular complexity index is 817. The second-order valence-corrected chi connectivity index (χ2v) is 6.75. The summed E-state index contributed by atoms with van der Waals surface area (Å²) in [5.41, 5.74) is 0.996. The van der Waals surface area contributed by atoms with Crippen LogP contribution < -0.4 is 0 Å². The number of hydrogen-bond acceptors (Lipinski definition) is 5. The summed E-state index contributed by atoms with van der Waals surface area (Å²) < 4.78 is 5.21. The lowest BCUT2D eigenvalue weighted by Crippen LogP contribution is -2.26. The minimum atomic E-state index is 0.0193. The van der Waals surface area contributed by atoms with E-state index in [9.17, 15) is 4.79 Å². The Labute approximate surface area is 148 Å². The smallest absolute Gasteiger partial charge is 0.227 e. The molecule has 0 aliphatic rings. The van der Waals surface area contributed by atoms with Crippen molar-refractivity contribution >= 4 is 28.8 Å². The van der Waals surface area contributed by atoms with E-state index in [1.807, 2.05) is 41.8 Å². The number of aryl methyl sites for hydroxylation is 1. The number of halogens is 1. The van der Waals surface area contributed by atoms with Crippen molar-refractivity contribution in [1.29, 1.82) is 0 Å². The molecule has 0 aliphatic heterocycles. The molecule has 0 N–H and O–H groups in total. The number of hydrogen-bond donors (Lipinski definition) is 0. The maximum atomic E-state index is 12.2. The molecular weight excluding hydrogens is 346 g/mol. The highest BCUT2D eigenvalue weighted by Crippen LogP contribution is 2.21. The summed E-state index contributed by atoms with van der Waals surface area (Å²) in [5, 5.41) is 6.57. The summed E-state index contributed by atoms with van der Waals surface area (Å²) in [4.78, 5) is 19.2. The van der Waals surface area contributed by atoms with E-state index in [0.29, 0.717) is 36.1 Å². The molecule has 3 rings (SSSR count). The van der Waals surface area contributed by atoms with E-state index in [2.05, 4.69) is 10.1 Å². The van der Waals surface area contributed by atoms with Gasteiger partial charge < -0.3 is 9.42 Å². The van der Waals surface area contributed by atoms with Gasteiger partial charge in [0.2, 0.25) is 17.6 Å². The van der Waals surface area contributed by atoms with Gasteiger partial charge in [-0.3, -0.25) is 4.79 Å². The predicted molar refractivity (Wildman–Crippen MR) is 93.9 cm³/mol. The zero-order chi connectivity index (χ0) is 16.9. The van der Waals surface area contributed by atoms with Crippen LogP contribution in [0.25, 0.3) is 10.7 Å². The van der Waals surface area contributed by atoms with Crippen molar-refractivity contribution in [2.45, 2.75) is 19.4 Å². The summed E-state index contributed by atoms with van der Waals surface area (Å²) in [5.74, 6) is 1.06. The minimum Gasteiger partial charge on any atom is -0.341 e. The molecule has 124 valence electrons. The Morgan fingerprint density at radius 2 is 2.21 bits per heavy atom. The largest absolute Gasteiger partial charge is 0.341 e. The Morgan fingerprint density at radius 3 is 2.96 bits per heavy atom. The fourth-order valence-corrected chi connectivity index (χ4v) is 3.13. The molecule has 3 aromatic rings. The highest BCUT2D eigenvalue weighted by Gasteiger charge is 2.14. The van der Waals surface area contributed by atoms with Crippen molar-refractivity contribution < 1.29 is 9.32 Å². The third-order valence-electron chi connectivity index (χ3n) is 3.50. The first-order chi connectivity index (χ1) is 11.6. The average Bonchev–Trinajstić information content (AvgIpc) is 3.23. The van der Waals surface area contributed by atoms with Crippen molar-refractivity contribution in [3.05, 3.63) is 58.3 Å². The lowest BCUT2D eigenvalue weighted by Gasteiger charge is -2.17. The van der Waals surface area contributed by atoms with Gasteiger partial charge in [-0.1, -0.05) is 35.0 Å². The number of aromatic nitrogens is 2. The third-order valence-corrected chi connectivity index (χ3v) is 4.60. The molecule has 0 radical (unpaired) electrons. The zero-order valence-corrected chi connectivity index (χ0v) is 14.7. The molecule has 1 aromatic carbocycles. The predicted octanol–water partition coefficient (Wildman–Crippen LogP) is 4.04. The Balaban J connectivity index is 1.53. The van der Waals surface area contributed by atoms with Crippen LogP contribution in [0, 0.1) is 0 Å². The van der Waals surface area contributed by atoms with Crippen LogP contribution in [0.2, 0.25) is 5.02 Å². The van der Waals surface area contributed by atoms with Gasteiger partial charge in [0.05, 0.1) is 4.88 Å². The molecule has 0 bridgehead atoms. The second-order valence-electron chi connectivity index (χ2n) is 5.37. The average molecular weight is 362 g/mol. The topological polar surface area (TPSA) is 59.2 Å². The molecule has 0 saturated heterocycles. The third kappa shape index (κ3) is 4.21. The van der Waals surface area contributed by atoms with Gasteiger partial charge in [-0.25, -0.2) is 0 Å². The van der Waals surface area contributed by atoms with Gasteiger partial charge in [-0.15, -0.1) is 11.3 Å². The SMILES string of the molecule is CN(Cc1cccc(Cl)c1)C(=O)CCc1nc(-c2cccs2)no1. The lowest BCUT2D eigenvalue weighted by atomic mass is 10.2. The summed E-state index contributed by atoms with van der Waals surface area (Å²) >= 11 is 7.51. The van der Waals surface area contributed by atoms with E-state index < -0.39 is 0 Å². The van der Waals surface area contributed by atoms with Gasteiger partial charge in [0, 0.05) is 31.5 Å². The summed E-state index contributed by atoms with van der Waals surface area (Å²) in [6.45, 7) is 0.518. The zero-order valence-electron chi connectivity index (χ0n) is 13.1. The van der Waals surface area contributed by atoms with E-state index in [0.717, 1.165) is 10.4 Å². The molecule has 24 heavy (non-hydrogen) atoms. The van der Waals surface area contributed by atoms with Gasteiger partial charge in [0.25, 0.3) is 0 Å². The molecule has 0 spiro atoms. The van der Waals surface area contributed by atoms with Crippen molar-refractivity contribution in [3.63, 3.8) is 0 Å². The number of benzene rings is 1. The van der Waals surface area contributed by atoms with Crippen LogP contribution in [0.4, 0.5) is 0 Å². The highest BCUT2D eigenvalue weighted by atomic mass is 35.5. The normalized spacial score (nSPS) is 10.8. The monoisotopic (exact) mass is 361 g/mol. The summed E-state index contributed by atoms with van der Waals surface area (Å²) in [7, 11) is 1.77. The first-order valence-corrected chi connectivity index (χ1v) is 8.72. The van der Waals surface area contributed by atoms with Crippen molar-refractivity contribution in [3.8, 4) is 10.7 Å². The maximum absolute atomic E-state index is 12.2. The van der Waals surface area contributed by atoms with E-state index >= 15 is 0 Å². The van der Waals surface area contributed by atoms with Crippen molar-refractivity contribution in [2.24, 2.45) is 0 Å². The molecule has 0 aliphatic carbocycles. The Morgan fingerprint density at radius 1 is 1.33 bits per heavy atom. The fraction of sp³-hybridized carbons (Fsp3) is 0.235. The number of amides is 1. The molecule has 2 aromatic heterocycles. The van der Waals surface area contributed by atoms with E-state index in [4.69, 9.17) is 16.1 Å². The standard InChI is InChI=1S/C17H16ClN3O2S/c1-21(11-12-4-2-5-13(18)10-12)16(22)8-7-15-19-17(20-23-15)14-6-3-9-24-14/h2-6,9-10H,7-8,11H2,1H3. The van der Waals surface area contributed by atoms with E-state index in [1.54, 1.807) is 23.3 Å². The molecule has 7 heteroatoms. The van der Waals surface area contributed by atoms with Crippen LogP contribution >= 0.6 is 22.9 Å². The Hall–Kier alpha value is -2.18. The summed E-state index contributed by atoms with van der Waals surface area (Å²) in [6, 6.07) is 11.4. The second kappa shape index (κ2) is 7.59. The number of rotatable bonds is 6. The van der Waals surface area contributed by atoms with Gasteiger partial charge >= 0.3 is 0 Å². The maximum Gasteiger partial charge on any atom is 0.227 e. The van der Waals surface area contributed by atoms with Gasteiger partial charge in [0.1, 0.15) is 0 Å². The van der Waals surface area contributed by atoms with Crippen molar-refractivity contribution in [1.82, 2.24) is 15.0 Å². The first kappa shape index (κ1) is 16.7. The molecular formula is C17H16ClN3O2S. The molecule has 1 amide bonds. The molecule has 0 unspecified atom stereocenters. The van der Waals surface area contributed by atoms with Crippen LogP contribution in [-0.4, -0.2) is 28.0 Å². The van der Waals surface area contributed by atoms with E-state index in [1.165, 1.54) is 0 Å². The highest BCUT2D eigenvalue weighted by molar-refractivity contribution is 7.13. The number of carbonyl (C=O) groups is 1. The van der Waals surface area contributed by atoms with Crippen LogP contribution in [-0.2, 0) is 17.8 Å². The lowest BCUT2D eigenvalue weighted by molar-refractivity contribution is -0.130. The molecule has 0 atom stereocenters. The quantitative estimate of drug-likeness (QED) is 0.664. The molecule has 0 saturated carbocycles. The number of nitrogens with zero attached hydrogens (tertiary/aromatic N) is 3. The van der Waals surface area contributed by atoms with Crippen LogP contribution in [0.3, 0.4) is 0 Å². The van der Waals surface area contributed by atoms with Crippen molar-refractivity contribution in [2.75, 3.05) is 7.05 Å². The van der Waals surface area contributed by atoms with E-state index in [-0.39, 0.29) is 5.91 Å².